The Kier molecular flexibility index (Phi) is 4.93. The zero-order valence-electron chi connectivity index (χ0n) is 18.4. The number of fused-ring (bicyclic) bond motifs is 2. The molecule has 0 aliphatic carbocycles. The first-order valence-electron chi connectivity index (χ1n) is 10.6. The van der Waals surface area contributed by atoms with E-state index in [0.717, 1.165) is 49.6 Å². The van der Waals surface area contributed by atoms with E-state index in [9.17, 15) is 4.79 Å². The van der Waals surface area contributed by atoms with Gasteiger partial charge in [0.25, 0.3) is 5.91 Å². The minimum atomic E-state index is -0.144. The quantitative estimate of drug-likeness (QED) is 0.325. The number of carbonyl (C=O) groups excluding carboxylic acids is 1. The fraction of sp³-hybridized carbons (Fsp3) is 0.0800. The van der Waals surface area contributed by atoms with Crippen molar-refractivity contribution in [1.82, 2.24) is 18.8 Å². The molecular formula is C25H19N5O2S2. The number of ether oxygens (including phenoxy) is 1. The molecule has 1 N–H and O–H groups in total. The van der Waals surface area contributed by atoms with E-state index in [4.69, 9.17) is 9.72 Å². The summed E-state index contributed by atoms with van der Waals surface area (Å²) < 4.78 is 9.20. The highest BCUT2D eigenvalue weighted by molar-refractivity contribution is 7.19. The van der Waals surface area contributed by atoms with Crippen molar-refractivity contribution in [1.29, 1.82) is 0 Å². The number of carbonyl (C=O) groups is 1. The number of methoxy groups -OCH3 is 1. The summed E-state index contributed by atoms with van der Waals surface area (Å²) in [6.45, 7) is 1.94. The van der Waals surface area contributed by atoms with Gasteiger partial charge in [0.2, 0.25) is 0 Å². The lowest BCUT2D eigenvalue weighted by atomic mass is 10.1. The van der Waals surface area contributed by atoms with Gasteiger partial charge in [0, 0.05) is 46.5 Å². The number of aryl methyl sites for hydroxylation is 1. The second-order valence-corrected chi connectivity index (χ2v) is 9.62. The van der Waals surface area contributed by atoms with E-state index in [1.165, 1.54) is 11.3 Å². The highest BCUT2D eigenvalue weighted by atomic mass is 32.1. The zero-order valence-corrected chi connectivity index (χ0v) is 20.0. The van der Waals surface area contributed by atoms with Crippen LogP contribution in [0.15, 0.2) is 72.5 Å². The van der Waals surface area contributed by atoms with Crippen molar-refractivity contribution in [3.63, 3.8) is 0 Å². The molecular weight excluding hydrogens is 466 g/mol. The Morgan fingerprint density at radius 1 is 0.941 bits per heavy atom. The van der Waals surface area contributed by atoms with E-state index >= 15 is 0 Å². The maximum absolute atomic E-state index is 13.0. The van der Waals surface area contributed by atoms with Crippen molar-refractivity contribution >= 4 is 44.2 Å². The molecule has 4 aromatic heterocycles. The van der Waals surface area contributed by atoms with Gasteiger partial charge in [0.05, 0.1) is 18.5 Å². The van der Waals surface area contributed by atoms with E-state index in [-0.39, 0.29) is 5.91 Å². The third-order valence-electron chi connectivity index (χ3n) is 5.68. The normalized spacial score (nSPS) is 11.4. The lowest BCUT2D eigenvalue weighted by molar-refractivity contribution is 0.102. The number of anilines is 1. The number of imidazole rings is 2. The van der Waals surface area contributed by atoms with E-state index in [2.05, 4.69) is 10.3 Å². The molecule has 6 rings (SSSR count). The van der Waals surface area contributed by atoms with Crippen LogP contribution in [0.4, 0.5) is 5.69 Å². The number of benzene rings is 2. The summed E-state index contributed by atoms with van der Waals surface area (Å²) in [5, 5.41) is 5.01. The Morgan fingerprint density at radius 2 is 1.62 bits per heavy atom. The van der Waals surface area contributed by atoms with E-state index in [1.807, 2.05) is 88.2 Å². The van der Waals surface area contributed by atoms with Gasteiger partial charge in [-0.15, -0.1) is 11.3 Å². The highest BCUT2D eigenvalue weighted by Gasteiger charge is 2.18. The summed E-state index contributed by atoms with van der Waals surface area (Å²) >= 11 is 2.98. The summed E-state index contributed by atoms with van der Waals surface area (Å²) in [5.74, 6) is 0.659. The molecule has 0 unspecified atom stereocenters. The van der Waals surface area contributed by atoms with Gasteiger partial charge in [0.1, 0.15) is 10.6 Å². The predicted molar refractivity (Wildman–Crippen MR) is 136 cm³/mol. The topological polar surface area (TPSA) is 72.9 Å². The van der Waals surface area contributed by atoms with E-state index < -0.39 is 0 Å². The zero-order chi connectivity index (χ0) is 23.2. The van der Waals surface area contributed by atoms with Crippen LogP contribution < -0.4 is 10.1 Å². The van der Waals surface area contributed by atoms with Crippen LogP contribution in [0.2, 0.25) is 0 Å². The second-order valence-electron chi connectivity index (χ2n) is 7.77. The SMILES string of the molecule is COc1ccc(-c2cn3c(C)c(C(=O)Nc4ccc(-c5cn6ccsc6n5)cc4)sc3n2)cc1. The number of hydrogen-bond donors (Lipinski definition) is 1. The van der Waals surface area contributed by atoms with Crippen molar-refractivity contribution in [2.75, 3.05) is 12.4 Å². The average Bonchev–Trinajstić information content (AvgIpc) is 3.61. The van der Waals surface area contributed by atoms with Crippen LogP contribution in [0, 0.1) is 6.92 Å². The Balaban J connectivity index is 1.21. The average molecular weight is 486 g/mol. The van der Waals surface area contributed by atoms with Gasteiger partial charge in [0.15, 0.2) is 9.92 Å². The molecule has 7 nitrogen and oxygen atoms in total. The van der Waals surface area contributed by atoms with Crippen LogP contribution in [0.5, 0.6) is 5.75 Å². The van der Waals surface area contributed by atoms with Gasteiger partial charge >= 0.3 is 0 Å². The molecule has 9 heteroatoms. The number of aromatic nitrogens is 4. The van der Waals surface area contributed by atoms with Crippen molar-refractivity contribution in [2.45, 2.75) is 6.92 Å². The summed E-state index contributed by atoms with van der Waals surface area (Å²) in [5.41, 5.74) is 5.37. The molecule has 2 aromatic carbocycles. The molecule has 168 valence electrons. The summed E-state index contributed by atoms with van der Waals surface area (Å²) in [7, 11) is 1.65. The number of nitrogens with one attached hydrogen (secondary N) is 1. The van der Waals surface area contributed by atoms with Gasteiger partial charge in [-0.2, -0.15) is 0 Å². The lowest BCUT2D eigenvalue weighted by Gasteiger charge is -2.05. The molecule has 0 aliphatic heterocycles. The first kappa shape index (κ1) is 20.6. The Labute approximate surface area is 202 Å². The minimum Gasteiger partial charge on any atom is -0.497 e. The molecule has 4 heterocycles. The first-order valence-corrected chi connectivity index (χ1v) is 12.3. The third-order valence-corrected chi connectivity index (χ3v) is 7.61. The Bertz CT molecular complexity index is 1610. The maximum Gasteiger partial charge on any atom is 0.267 e. The molecule has 0 saturated heterocycles. The van der Waals surface area contributed by atoms with Crippen LogP contribution in [-0.4, -0.2) is 31.8 Å². The van der Waals surface area contributed by atoms with E-state index in [0.29, 0.717) is 4.88 Å². The van der Waals surface area contributed by atoms with Gasteiger partial charge in [-0.3, -0.25) is 13.6 Å². The number of hydrogen-bond acceptors (Lipinski definition) is 6. The molecule has 34 heavy (non-hydrogen) atoms. The van der Waals surface area contributed by atoms with Crippen LogP contribution in [0.25, 0.3) is 32.4 Å². The van der Waals surface area contributed by atoms with Gasteiger partial charge in [-0.05, 0) is 43.3 Å². The van der Waals surface area contributed by atoms with Gasteiger partial charge in [-0.25, -0.2) is 9.97 Å². The van der Waals surface area contributed by atoms with E-state index in [1.54, 1.807) is 18.4 Å². The maximum atomic E-state index is 13.0. The third kappa shape index (κ3) is 3.55. The van der Waals surface area contributed by atoms with Crippen molar-refractivity contribution in [3.05, 3.63) is 83.1 Å². The van der Waals surface area contributed by atoms with Gasteiger partial charge in [-0.1, -0.05) is 23.5 Å². The minimum absolute atomic E-state index is 0.144. The molecule has 0 fully saturated rings. The fourth-order valence-electron chi connectivity index (χ4n) is 3.84. The van der Waals surface area contributed by atoms with Crippen molar-refractivity contribution in [3.8, 4) is 28.3 Å². The smallest absolute Gasteiger partial charge is 0.267 e. The van der Waals surface area contributed by atoms with Crippen LogP contribution in [0.1, 0.15) is 15.4 Å². The molecule has 0 saturated carbocycles. The molecule has 6 aromatic rings. The molecule has 1 amide bonds. The standard InChI is InChI=1S/C25H19N5O2S2/c1-15-22(34-25-28-21(14-30(15)25)17-5-9-19(32-2)10-6-17)23(31)26-18-7-3-16(4-8-18)20-13-29-11-12-33-24(29)27-20/h3-14H,1-2H3,(H,26,31). The highest BCUT2D eigenvalue weighted by Crippen LogP contribution is 2.29. The van der Waals surface area contributed by atoms with Crippen LogP contribution in [0.3, 0.4) is 0 Å². The summed E-state index contributed by atoms with van der Waals surface area (Å²) in [4.78, 5) is 24.7. The van der Waals surface area contributed by atoms with Crippen molar-refractivity contribution < 1.29 is 9.53 Å². The number of rotatable bonds is 5. The Hall–Kier alpha value is -3.95. The number of amides is 1. The molecule has 0 atom stereocenters. The first-order chi connectivity index (χ1) is 16.6. The molecule has 0 spiro atoms. The monoisotopic (exact) mass is 485 g/mol. The lowest BCUT2D eigenvalue weighted by Crippen LogP contribution is -2.11. The van der Waals surface area contributed by atoms with Crippen LogP contribution in [-0.2, 0) is 0 Å². The number of nitrogens with zero attached hydrogens (tertiary/aromatic N) is 4. The summed E-state index contributed by atoms with van der Waals surface area (Å²) in [6.07, 6.45) is 5.96. The fourth-order valence-corrected chi connectivity index (χ4v) is 5.54. The largest absolute Gasteiger partial charge is 0.497 e. The molecule has 0 bridgehead atoms. The molecule has 0 radical (unpaired) electrons. The predicted octanol–water partition coefficient (Wildman–Crippen LogP) is 6.01. The second kappa shape index (κ2) is 8.12. The van der Waals surface area contributed by atoms with Crippen LogP contribution >= 0.6 is 22.7 Å². The summed E-state index contributed by atoms with van der Waals surface area (Å²) in [6, 6.07) is 15.5. The van der Waals surface area contributed by atoms with Crippen molar-refractivity contribution in [2.24, 2.45) is 0 Å². The molecule has 0 aliphatic rings. The number of thiazole rings is 2. The van der Waals surface area contributed by atoms with Gasteiger partial charge < -0.3 is 10.1 Å². The Morgan fingerprint density at radius 3 is 2.29 bits per heavy atom.